The van der Waals surface area contributed by atoms with Crippen molar-refractivity contribution in [2.45, 2.75) is 0 Å². The Morgan fingerprint density at radius 3 is 2.36 bits per heavy atom. The first-order chi connectivity index (χ1) is 16.1. The molecule has 0 bridgehead atoms. The standard InChI is InChI=1S/C25H28N4O4/c1-27-9-11-29(12-10-27)21-4-2-3-20-22(30)17-23(33-24(20)21)25(31)26-18-5-7-19(8-6-18)28-13-15-32-16-14-28/h2-8,17H,9-16H2,1H3,(H,26,31). The molecule has 1 amide bonds. The molecule has 172 valence electrons. The topological polar surface area (TPSA) is 78.3 Å². The number of carbonyl (C=O) groups excluding carboxylic acids is 1. The number of fused-ring (bicyclic) bond motifs is 1. The highest BCUT2D eigenvalue weighted by Gasteiger charge is 2.20. The Morgan fingerprint density at radius 1 is 0.909 bits per heavy atom. The monoisotopic (exact) mass is 448 g/mol. The molecule has 2 saturated heterocycles. The zero-order chi connectivity index (χ0) is 22.8. The summed E-state index contributed by atoms with van der Waals surface area (Å²) in [4.78, 5) is 32.4. The number of ether oxygens (including phenoxy) is 1. The molecular weight excluding hydrogens is 420 g/mol. The molecule has 1 aromatic heterocycles. The summed E-state index contributed by atoms with van der Waals surface area (Å²) in [5, 5.41) is 3.33. The average Bonchev–Trinajstić information content (AvgIpc) is 2.85. The van der Waals surface area contributed by atoms with Gasteiger partial charge in [-0.05, 0) is 43.4 Å². The molecule has 0 saturated carbocycles. The van der Waals surface area contributed by atoms with E-state index in [4.69, 9.17) is 9.15 Å². The Morgan fingerprint density at radius 2 is 1.64 bits per heavy atom. The van der Waals surface area contributed by atoms with Crippen LogP contribution in [0.5, 0.6) is 0 Å². The van der Waals surface area contributed by atoms with Crippen LogP contribution in [0, 0.1) is 0 Å². The fraction of sp³-hybridized carbons (Fsp3) is 0.360. The summed E-state index contributed by atoms with van der Waals surface area (Å²) < 4.78 is 11.4. The Balaban J connectivity index is 1.38. The summed E-state index contributed by atoms with van der Waals surface area (Å²) in [5.41, 5.74) is 2.82. The predicted octanol–water partition coefficient (Wildman–Crippen LogP) is 2.63. The van der Waals surface area contributed by atoms with Gasteiger partial charge in [0.25, 0.3) is 5.91 Å². The third-order valence-electron chi connectivity index (χ3n) is 6.30. The number of anilines is 3. The fourth-order valence-electron chi connectivity index (χ4n) is 4.34. The van der Waals surface area contributed by atoms with Crippen LogP contribution in [0.15, 0.2) is 57.7 Å². The van der Waals surface area contributed by atoms with Crippen molar-refractivity contribution in [1.29, 1.82) is 0 Å². The number of rotatable bonds is 4. The number of likely N-dealkylation sites (N-methyl/N-ethyl adjacent to an activating group) is 1. The molecule has 33 heavy (non-hydrogen) atoms. The summed E-state index contributed by atoms with van der Waals surface area (Å²) in [6.45, 7) is 6.68. The highest BCUT2D eigenvalue weighted by atomic mass is 16.5. The van der Waals surface area contributed by atoms with Gasteiger partial charge in [0.2, 0.25) is 0 Å². The van der Waals surface area contributed by atoms with Crippen molar-refractivity contribution in [2.75, 3.05) is 74.6 Å². The van der Waals surface area contributed by atoms with E-state index in [1.54, 1.807) is 6.07 Å². The Hall–Kier alpha value is -3.36. The lowest BCUT2D eigenvalue weighted by Crippen LogP contribution is -2.44. The SMILES string of the molecule is CN1CCN(c2cccc3c(=O)cc(C(=O)Nc4ccc(N5CCOCC5)cc4)oc23)CC1. The normalized spacial score (nSPS) is 17.4. The van der Waals surface area contributed by atoms with E-state index in [1.807, 2.05) is 36.4 Å². The summed E-state index contributed by atoms with van der Waals surface area (Å²) in [5.74, 6) is -0.437. The molecule has 2 aliphatic rings. The number of piperazine rings is 1. The van der Waals surface area contributed by atoms with Gasteiger partial charge in [-0.1, -0.05) is 6.07 Å². The van der Waals surface area contributed by atoms with Crippen LogP contribution in [0.2, 0.25) is 0 Å². The van der Waals surface area contributed by atoms with Gasteiger partial charge in [-0.15, -0.1) is 0 Å². The summed E-state index contributed by atoms with van der Waals surface area (Å²) in [7, 11) is 2.09. The molecule has 1 N–H and O–H groups in total. The van der Waals surface area contributed by atoms with Gasteiger partial charge in [-0.25, -0.2) is 0 Å². The van der Waals surface area contributed by atoms with E-state index in [-0.39, 0.29) is 11.2 Å². The van der Waals surface area contributed by atoms with Gasteiger partial charge in [0.15, 0.2) is 16.8 Å². The number of nitrogens with one attached hydrogen (secondary N) is 1. The molecule has 2 aliphatic heterocycles. The van der Waals surface area contributed by atoms with Crippen molar-refractivity contribution in [3.8, 4) is 0 Å². The van der Waals surface area contributed by atoms with Crippen molar-refractivity contribution in [3.63, 3.8) is 0 Å². The van der Waals surface area contributed by atoms with E-state index in [2.05, 4.69) is 27.1 Å². The van der Waals surface area contributed by atoms with Crippen LogP contribution in [0.1, 0.15) is 10.6 Å². The lowest BCUT2D eigenvalue weighted by molar-refractivity contribution is 0.0997. The number of benzene rings is 2. The summed E-state index contributed by atoms with van der Waals surface area (Å²) in [6.07, 6.45) is 0. The maximum Gasteiger partial charge on any atom is 0.291 e. The lowest BCUT2D eigenvalue weighted by atomic mass is 10.1. The smallest absolute Gasteiger partial charge is 0.291 e. The molecule has 3 heterocycles. The van der Waals surface area contributed by atoms with E-state index in [1.165, 1.54) is 6.07 Å². The van der Waals surface area contributed by atoms with Crippen molar-refractivity contribution >= 4 is 33.9 Å². The minimum atomic E-state index is -0.443. The predicted molar refractivity (Wildman–Crippen MR) is 130 cm³/mol. The Labute approximate surface area is 192 Å². The number of amides is 1. The van der Waals surface area contributed by atoms with E-state index in [9.17, 15) is 9.59 Å². The molecule has 0 spiro atoms. The molecule has 0 radical (unpaired) electrons. The van der Waals surface area contributed by atoms with E-state index in [0.717, 1.165) is 63.9 Å². The van der Waals surface area contributed by atoms with Gasteiger partial charge in [0, 0.05) is 56.7 Å². The van der Waals surface area contributed by atoms with Crippen molar-refractivity contribution in [3.05, 3.63) is 64.5 Å². The number of carbonyl (C=O) groups is 1. The largest absolute Gasteiger partial charge is 0.448 e. The van der Waals surface area contributed by atoms with Gasteiger partial charge in [0.05, 0.1) is 24.3 Å². The number of hydrogen-bond acceptors (Lipinski definition) is 7. The van der Waals surface area contributed by atoms with E-state index < -0.39 is 5.91 Å². The quantitative estimate of drug-likeness (QED) is 0.657. The lowest BCUT2D eigenvalue weighted by Gasteiger charge is -2.34. The van der Waals surface area contributed by atoms with Crippen molar-refractivity contribution < 1.29 is 13.9 Å². The van der Waals surface area contributed by atoms with Crippen LogP contribution in [0.4, 0.5) is 17.1 Å². The first kappa shape index (κ1) is 21.5. The van der Waals surface area contributed by atoms with E-state index >= 15 is 0 Å². The number of nitrogens with zero attached hydrogens (tertiary/aromatic N) is 3. The number of morpholine rings is 1. The second kappa shape index (κ2) is 9.25. The maximum atomic E-state index is 12.9. The minimum absolute atomic E-state index is 0.00586. The maximum absolute atomic E-state index is 12.9. The third-order valence-corrected chi connectivity index (χ3v) is 6.30. The van der Waals surface area contributed by atoms with Gasteiger partial charge in [-0.2, -0.15) is 0 Å². The van der Waals surface area contributed by atoms with Gasteiger partial charge < -0.3 is 29.2 Å². The Kier molecular flexibility index (Phi) is 6.02. The van der Waals surface area contributed by atoms with Crippen LogP contribution in [0.25, 0.3) is 11.0 Å². The molecule has 8 nitrogen and oxygen atoms in total. The fourth-order valence-corrected chi connectivity index (χ4v) is 4.34. The third kappa shape index (κ3) is 4.58. The highest BCUT2D eigenvalue weighted by Crippen LogP contribution is 2.27. The van der Waals surface area contributed by atoms with Gasteiger partial charge in [-0.3, -0.25) is 9.59 Å². The zero-order valence-corrected chi connectivity index (χ0v) is 18.8. The molecule has 0 atom stereocenters. The van der Waals surface area contributed by atoms with Crippen molar-refractivity contribution in [2.24, 2.45) is 0 Å². The summed E-state index contributed by atoms with van der Waals surface area (Å²) >= 11 is 0. The zero-order valence-electron chi connectivity index (χ0n) is 18.8. The molecular formula is C25H28N4O4. The number of para-hydroxylation sites is 1. The van der Waals surface area contributed by atoms with E-state index in [0.29, 0.717) is 16.7 Å². The van der Waals surface area contributed by atoms with Crippen LogP contribution in [-0.4, -0.2) is 70.3 Å². The highest BCUT2D eigenvalue weighted by molar-refractivity contribution is 6.03. The van der Waals surface area contributed by atoms with Gasteiger partial charge >= 0.3 is 0 Å². The first-order valence-electron chi connectivity index (χ1n) is 11.3. The number of hydrogen-bond donors (Lipinski definition) is 1. The van der Waals surface area contributed by atoms with Crippen LogP contribution in [0.3, 0.4) is 0 Å². The molecule has 0 aliphatic carbocycles. The average molecular weight is 449 g/mol. The Bertz CT molecular complexity index is 1190. The van der Waals surface area contributed by atoms with Crippen LogP contribution < -0.4 is 20.5 Å². The molecule has 0 unspecified atom stereocenters. The second-order valence-electron chi connectivity index (χ2n) is 8.52. The molecule has 5 rings (SSSR count). The minimum Gasteiger partial charge on any atom is -0.448 e. The van der Waals surface area contributed by atoms with Gasteiger partial charge in [0.1, 0.15) is 0 Å². The first-order valence-corrected chi connectivity index (χ1v) is 11.3. The second-order valence-corrected chi connectivity index (χ2v) is 8.52. The molecule has 2 fully saturated rings. The van der Waals surface area contributed by atoms with Crippen LogP contribution >= 0.6 is 0 Å². The van der Waals surface area contributed by atoms with Crippen LogP contribution in [-0.2, 0) is 4.74 Å². The molecule has 3 aromatic rings. The molecule has 2 aromatic carbocycles. The molecule has 8 heteroatoms. The summed E-state index contributed by atoms with van der Waals surface area (Å²) in [6, 6.07) is 14.5. The van der Waals surface area contributed by atoms with Crippen molar-refractivity contribution in [1.82, 2.24) is 4.90 Å².